The molecule has 0 unspecified atom stereocenters. The van der Waals surface area contributed by atoms with E-state index in [1.54, 1.807) is 42.5 Å². The van der Waals surface area contributed by atoms with Gasteiger partial charge in [-0.3, -0.25) is 14.4 Å². The van der Waals surface area contributed by atoms with Crippen molar-refractivity contribution in [1.82, 2.24) is 5.32 Å². The molecule has 2 aromatic carbocycles. The van der Waals surface area contributed by atoms with Gasteiger partial charge in [0, 0.05) is 16.0 Å². The van der Waals surface area contributed by atoms with Crippen molar-refractivity contribution in [1.29, 1.82) is 5.26 Å². The number of rotatable bonds is 7. The summed E-state index contributed by atoms with van der Waals surface area (Å²) in [5.41, 5.74) is 1.06. The highest BCUT2D eigenvalue weighted by atomic mass is 35.5. The van der Waals surface area contributed by atoms with Crippen molar-refractivity contribution in [2.24, 2.45) is 5.92 Å². The van der Waals surface area contributed by atoms with Crippen LogP contribution in [0.15, 0.2) is 53.1 Å². The molecule has 176 valence electrons. The van der Waals surface area contributed by atoms with Gasteiger partial charge in [-0.25, -0.2) is 0 Å². The highest BCUT2D eigenvalue weighted by molar-refractivity contribution is 8.03. The van der Waals surface area contributed by atoms with Crippen LogP contribution in [0.2, 0.25) is 10.0 Å². The Morgan fingerprint density at radius 3 is 2.44 bits per heavy atom. The first-order valence-corrected chi connectivity index (χ1v) is 11.6. The van der Waals surface area contributed by atoms with Crippen molar-refractivity contribution in [3.8, 4) is 11.8 Å². The zero-order valence-electron chi connectivity index (χ0n) is 18.1. The van der Waals surface area contributed by atoms with Crippen LogP contribution in [0, 0.1) is 17.2 Å². The van der Waals surface area contributed by atoms with Crippen molar-refractivity contribution in [3.63, 3.8) is 0 Å². The van der Waals surface area contributed by atoms with E-state index in [2.05, 4.69) is 16.7 Å². The fourth-order valence-corrected chi connectivity index (χ4v) is 4.60. The fourth-order valence-electron chi connectivity index (χ4n) is 3.45. The number of nitrogens with zero attached hydrogens (tertiary/aromatic N) is 1. The lowest BCUT2D eigenvalue weighted by Gasteiger charge is -2.30. The minimum absolute atomic E-state index is 0.132. The Kier molecular flexibility index (Phi) is 8.45. The number of halogens is 2. The molecule has 0 aliphatic carbocycles. The van der Waals surface area contributed by atoms with Crippen LogP contribution in [-0.4, -0.2) is 37.8 Å². The molecule has 2 N–H and O–H groups in total. The standard InChI is InChI=1S/C23H19Cl2N3O5S/c1-32-17-8-7-14(25)9-16(17)27-18(29)11-34-22-15(10-26)19(12-3-5-13(24)6-4-12)20(21(30)28-22)23(31)33-2/h3-9,19-20H,11H2,1-2H3,(H,27,29)(H,28,30)/t19-,20-/m0/s1. The lowest BCUT2D eigenvalue weighted by Crippen LogP contribution is -2.44. The van der Waals surface area contributed by atoms with Gasteiger partial charge in [0.2, 0.25) is 11.8 Å². The Balaban J connectivity index is 1.89. The van der Waals surface area contributed by atoms with Crippen LogP contribution in [0.3, 0.4) is 0 Å². The summed E-state index contributed by atoms with van der Waals surface area (Å²) in [6.45, 7) is 0. The molecule has 3 rings (SSSR count). The highest BCUT2D eigenvalue weighted by Crippen LogP contribution is 2.40. The smallest absolute Gasteiger partial charge is 0.319 e. The van der Waals surface area contributed by atoms with Gasteiger partial charge in [-0.15, -0.1) is 0 Å². The SMILES string of the molecule is COC(=O)[C@@H]1C(=O)NC(SCC(=O)Nc2cc(Cl)ccc2OC)=C(C#N)[C@@H]1c1ccc(Cl)cc1. The maximum atomic E-state index is 12.8. The van der Waals surface area contributed by atoms with Crippen LogP contribution in [0.4, 0.5) is 5.69 Å². The Labute approximate surface area is 210 Å². The van der Waals surface area contributed by atoms with Crippen molar-refractivity contribution in [2.75, 3.05) is 25.3 Å². The van der Waals surface area contributed by atoms with E-state index >= 15 is 0 Å². The Morgan fingerprint density at radius 1 is 1.15 bits per heavy atom. The maximum absolute atomic E-state index is 12.8. The minimum Gasteiger partial charge on any atom is -0.495 e. The van der Waals surface area contributed by atoms with Gasteiger partial charge in [-0.05, 0) is 35.9 Å². The number of methoxy groups -OCH3 is 2. The third-order valence-corrected chi connectivity index (χ3v) is 6.50. The molecule has 8 nitrogen and oxygen atoms in total. The molecule has 2 aromatic rings. The number of hydrogen-bond donors (Lipinski definition) is 2. The summed E-state index contributed by atoms with van der Waals surface area (Å²) in [5.74, 6) is -3.70. The summed E-state index contributed by atoms with van der Waals surface area (Å²) in [6, 6.07) is 13.3. The monoisotopic (exact) mass is 519 g/mol. The van der Waals surface area contributed by atoms with Gasteiger partial charge in [-0.1, -0.05) is 47.1 Å². The second-order valence-electron chi connectivity index (χ2n) is 7.06. The van der Waals surface area contributed by atoms with E-state index in [1.165, 1.54) is 14.2 Å². The van der Waals surface area contributed by atoms with Gasteiger partial charge in [-0.2, -0.15) is 5.26 Å². The first kappa shape index (κ1) is 25.4. The van der Waals surface area contributed by atoms with Gasteiger partial charge >= 0.3 is 5.97 Å². The molecule has 34 heavy (non-hydrogen) atoms. The number of ether oxygens (including phenoxy) is 2. The third-order valence-electron chi connectivity index (χ3n) is 5.00. The van der Waals surface area contributed by atoms with Crippen LogP contribution < -0.4 is 15.4 Å². The number of nitriles is 1. The molecule has 0 saturated heterocycles. The summed E-state index contributed by atoms with van der Waals surface area (Å²) in [4.78, 5) is 37.8. The van der Waals surface area contributed by atoms with Crippen molar-refractivity contribution in [3.05, 3.63) is 68.7 Å². The van der Waals surface area contributed by atoms with E-state index in [0.29, 0.717) is 27.0 Å². The number of thioether (sulfide) groups is 1. The van der Waals surface area contributed by atoms with Gasteiger partial charge in [0.15, 0.2) is 0 Å². The maximum Gasteiger partial charge on any atom is 0.319 e. The van der Waals surface area contributed by atoms with Gasteiger partial charge in [0.1, 0.15) is 11.7 Å². The minimum atomic E-state index is -1.27. The Bertz CT molecular complexity index is 1190. The summed E-state index contributed by atoms with van der Waals surface area (Å²) >= 11 is 12.9. The normalized spacial score (nSPS) is 17.4. The molecular formula is C23H19Cl2N3O5S. The molecule has 0 saturated carbocycles. The van der Waals surface area contributed by atoms with Crippen LogP contribution in [0.25, 0.3) is 0 Å². The highest BCUT2D eigenvalue weighted by Gasteiger charge is 2.44. The predicted molar refractivity (Wildman–Crippen MR) is 130 cm³/mol. The summed E-state index contributed by atoms with van der Waals surface area (Å²) in [6.07, 6.45) is 0. The molecule has 0 spiro atoms. The lowest BCUT2D eigenvalue weighted by atomic mass is 9.78. The van der Waals surface area contributed by atoms with Crippen LogP contribution in [-0.2, 0) is 19.1 Å². The molecule has 2 atom stereocenters. The fraction of sp³-hybridized carbons (Fsp3) is 0.217. The average Bonchev–Trinajstić information content (AvgIpc) is 2.82. The van der Waals surface area contributed by atoms with E-state index in [0.717, 1.165) is 11.8 Å². The van der Waals surface area contributed by atoms with Crippen molar-refractivity contribution in [2.45, 2.75) is 5.92 Å². The summed E-state index contributed by atoms with van der Waals surface area (Å²) < 4.78 is 10.0. The second kappa shape index (κ2) is 11.3. The quantitative estimate of drug-likeness (QED) is 0.417. The largest absolute Gasteiger partial charge is 0.495 e. The predicted octanol–water partition coefficient (Wildman–Crippen LogP) is 4.11. The second-order valence-corrected chi connectivity index (χ2v) is 8.91. The number of hydrogen-bond acceptors (Lipinski definition) is 7. The number of benzene rings is 2. The van der Waals surface area contributed by atoms with E-state index in [1.807, 2.05) is 0 Å². The molecule has 1 heterocycles. The number of carbonyl (C=O) groups is 3. The Hall–Kier alpha value is -3.19. The van der Waals surface area contributed by atoms with E-state index in [9.17, 15) is 19.6 Å². The van der Waals surface area contributed by atoms with Crippen LogP contribution in [0.5, 0.6) is 5.75 Å². The topological polar surface area (TPSA) is 118 Å². The molecule has 0 radical (unpaired) electrons. The zero-order chi connectivity index (χ0) is 24.8. The molecule has 2 amide bonds. The molecule has 1 aliphatic rings. The van der Waals surface area contributed by atoms with Crippen LogP contribution >= 0.6 is 35.0 Å². The van der Waals surface area contributed by atoms with E-state index < -0.39 is 29.6 Å². The molecule has 0 aromatic heterocycles. The lowest BCUT2D eigenvalue weighted by molar-refractivity contribution is -0.150. The third kappa shape index (κ3) is 5.65. The summed E-state index contributed by atoms with van der Waals surface area (Å²) in [7, 11) is 2.63. The number of anilines is 1. The molecule has 11 heteroatoms. The molecule has 0 bridgehead atoms. The number of amides is 2. The van der Waals surface area contributed by atoms with Gasteiger partial charge in [0.25, 0.3) is 0 Å². The van der Waals surface area contributed by atoms with Crippen molar-refractivity contribution < 1.29 is 23.9 Å². The zero-order valence-corrected chi connectivity index (χ0v) is 20.4. The molecular weight excluding hydrogens is 501 g/mol. The molecule has 0 fully saturated rings. The number of carbonyl (C=O) groups excluding carboxylic acids is 3. The van der Waals surface area contributed by atoms with E-state index in [-0.39, 0.29) is 16.4 Å². The first-order valence-electron chi connectivity index (χ1n) is 9.83. The number of nitrogens with one attached hydrogen (secondary N) is 2. The van der Waals surface area contributed by atoms with E-state index in [4.69, 9.17) is 32.7 Å². The number of allylic oxidation sites excluding steroid dienone is 1. The van der Waals surface area contributed by atoms with Gasteiger partial charge < -0.3 is 20.1 Å². The van der Waals surface area contributed by atoms with Crippen molar-refractivity contribution >= 4 is 58.4 Å². The average molecular weight is 520 g/mol. The summed E-state index contributed by atoms with van der Waals surface area (Å²) in [5, 5.41) is 16.2. The molecule has 1 aliphatic heterocycles. The van der Waals surface area contributed by atoms with Crippen LogP contribution in [0.1, 0.15) is 11.5 Å². The van der Waals surface area contributed by atoms with Gasteiger partial charge in [0.05, 0.1) is 42.3 Å². The number of esters is 1. The Morgan fingerprint density at radius 2 is 1.82 bits per heavy atom. The first-order chi connectivity index (χ1) is 16.3.